The number of aliphatic hydroxyl groups excluding tert-OH is 1. The Bertz CT molecular complexity index is 604. The summed E-state index contributed by atoms with van der Waals surface area (Å²) < 4.78 is 0. The van der Waals surface area contributed by atoms with Crippen molar-refractivity contribution >= 4 is 22.3 Å². The van der Waals surface area contributed by atoms with E-state index in [1.54, 1.807) is 0 Å². The maximum atomic E-state index is 9.69. The molecule has 1 atom stereocenters. The van der Waals surface area contributed by atoms with Crippen LogP contribution in [0.25, 0.3) is 10.9 Å². The number of hydrogen-bond acceptors (Lipinski definition) is 4. The van der Waals surface area contributed by atoms with E-state index in [9.17, 15) is 5.11 Å². The Morgan fingerprint density at radius 2 is 2.05 bits per heavy atom. The molecule has 20 heavy (non-hydrogen) atoms. The van der Waals surface area contributed by atoms with E-state index < -0.39 is 0 Å². The number of hydrogen-bond donors (Lipinski definition) is 2. The standard InChI is InChI=1S/C16H21N3O/c1-11(20)12-6-9-19(10-7-12)15-5-4-14(17)13-3-2-8-18-16(13)15/h2-5,8,11-12,20H,6-7,9-10,17H2,1H3. The van der Waals surface area contributed by atoms with Crippen LogP contribution in [-0.4, -0.2) is 29.3 Å². The van der Waals surface area contributed by atoms with E-state index in [4.69, 9.17) is 5.73 Å². The number of fused-ring (bicyclic) bond motifs is 1. The number of aromatic nitrogens is 1. The summed E-state index contributed by atoms with van der Waals surface area (Å²) in [6.45, 7) is 3.82. The number of rotatable bonds is 2. The predicted octanol–water partition coefficient (Wildman–Crippen LogP) is 2.41. The molecular weight excluding hydrogens is 250 g/mol. The van der Waals surface area contributed by atoms with Crippen molar-refractivity contribution in [3.8, 4) is 0 Å². The molecule has 4 nitrogen and oxygen atoms in total. The van der Waals surface area contributed by atoms with E-state index in [0.717, 1.165) is 48.2 Å². The molecule has 0 bridgehead atoms. The molecule has 1 unspecified atom stereocenters. The lowest BCUT2D eigenvalue weighted by Crippen LogP contribution is -2.37. The molecule has 3 N–H and O–H groups in total. The number of benzene rings is 1. The van der Waals surface area contributed by atoms with E-state index in [1.807, 2.05) is 31.3 Å². The molecule has 1 aromatic heterocycles. The van der Waals surface area contributed by atoms with E-state index in [-0.39, 0.29) is 6.10 Å². The first kappa shape index (κ1) is 13.2. The van der Waals surface area contributed by atoms with Crippen LogP contribution in [0.2, 0.25) is 0 Å². The molecule has 1 aromatic carbocycles. The van der Waals surface area contributed by atoms with Gasteiger partial charge in [-0.1, -0.05) is 0 Å². The van der Waals surface area contributed by atoms with Crippen LogP contribution >= 0.6 is 0 Å². The Hall–Kier alpha value is -1.81. The molecule has 0 amide bonds. The van der Waals surface area contributed by atoms with Gasteiger partial charge in [0, 0.05) is 30.4 Å². The fourth-order valence-corrected chi connectivity index (χ4v) is 3.06. The number of piperidine rings is 1. The molecular formula is C16H21N3O. The van der Waals surface area contributed by atoms with Crippen molar-refractivity contribution in [2.75, 3.05) is 23.7 Å². The lowest BCUT2D eigenvalue weighted by molar-refractivity contribution is 0.110. The van der Waals surface area contributed by atoms with Crippen LogP contribution in [0, 0.1) is 5.92 Å². The minimum Gasteiger partial charge on any atom is -0.398 e. The largest absolute Gasteiger partial charge is 0.398 e. The smallest absolute Gasteiger partial charge is 0.0955 e. The van der Waals surface area contributed by atoms with Crippen LogP contribution in [0.15, 0.2) is 30.5 Å². The third-order valence-corrected chi connectivity index (χ3v) is 4.34. The summed E-state index contributed by atoms with van der Waals surface area (Å²) >= 11 is 0. The highest BCUT2D eigenvalue weighted by Crippen LogP contribution is 2.32. The maximum absolute atomic E-state index is 9.69. The lowest BCUT2D eigenvalue weighted by Gasteiger charge is -2.35. The van der Waals surface area contributed by atoms with Crippen molar-refractivity contribution in [2.24, 2.45) is 5.92 Å². The Morgan fingerprint density at radius 1 is 1.30 bits per heavy atom. The van der Waals surface area contributed by atoms with Crippen molar-refractivity contribution in [2.45, 2.75) is 25.9 Å². The van der Waals surface area contributed by atoms with Crippen LogP contribution in [0.4, 0.5) is 11.4 Å². The molecule has 0 radical (unpaired) electrons. The van der Waals surface area contributed by atoms with Crippen molar-refractivity contribution < 1.29 is 5.11 Å². The van der Waals surface area contributed by atoms with Gasteiger partial charge in [0.2, 0.25) is 0 Å². The van der Waals surface area contributed by atoms with Gasteiger partial charge in [-0.05, 0) is 49.9 Å². The summed E-state index contributed by atoms with van der Waals surface area (Å²) in [5.41, 5.74) is 8.93. The monoisotopic (exact) mass is 271 g/mol. The average molecular weight is 271 g/mol. The predicted molar refractivity (Wildman–Crippen MR) is 82.8 cm³/mol. The molecule has 106 valence electrons. The van der Waals surface area contributed by atoms with Gasteiger partial charge in [0.15, 0.2) is 0 Å². The summed E-state index contributed by atoms with van der Waals surface area (Å²) in [4.78, 5) is 6.86. The van der Waals surface area contributed by atoms with Gasteiger partial charge < -0.3 is 15.7 Å². The molecule has 2 heterocycles. The number of nitrogens with zero attached hydrogens (tertiary/aromatic N) is 2. The third kappa shape index (κ3) is 2.31. The number of aliphatic hydroxyl groups is 1. The highest BCUT2D eigenvalue weighted by Gasteiger charge is 2.24. The second-order valence-corrected chi connectivity index (χ2v) is 5.64. The van der Waals surface area contributed by atoms with E-state index in [0.29, 0.717) is 5.92 Å². The SMILES string of the molecule is CC(O)C1CCN(c2ccc(N)c3cccnc23)CC1. The van der Waals surface area contributed by atoms with Crippen molar-refractivity contribution in [1.29, 1.82) is 0 Å². The molecule has 0 aliphatic carbocycles. The van der Waals surface area contributed by atoms with Crippen LogP contribution in [0.3, 0.4) is 0 Å². The fourth-order valence-electron chi connectivity index (χ4n) is 3.06. The van der Waals surface area contributed by atoms with Crippen LogP contribution < -0.4 is 10.6 Å². The Morgan fingerprint density at radius 3 is 2.75 bits per heavy atom. The van der Waals surface area contributed by atoms with Gasteiger partial charge in [-0.25, -0.2) is 0 Å². The second kappa shape index (κ2) is 5.29. The zero-order chi connectivity index (χ0) is 14.1. The van der Waals surface area contributed by atoms with Crippen LogP contribution in [0.5, 0.6) is 0 Å². The summed E-state index contributed by atoms with van der Waals surface area (Å²) in [5, 5.41) is 10.7. The molecule has 1 aliphatic heterocycles. The molecule has 0 saturated carbocycles. The van der Waals surface area contributed by atoms with Gasteiger partial charge >= 0.3 is 0 Å². The Labute approximate surface area is 119 Å². The van der Waals surface area contributed by atoms with Gasteiger partial charge in [0.25, 0.3) is 0 Å². The minimum absolute atomic E-state index is 0.210. The second-order valence-electron chi connectivity index (χ2n) is 5.64. The van der Waals surface area contributed by atoms with E-state index >= 15 is 0 Å². The first-order valence-electron chi connectivity index (χ1n) is 7.23. The van der Waals surface area contributed by atoms with Crippen LogP contribution in [0.1, 0.15) is 19.8 Å². The molecule has 1 saturated heterocycles. The quantitative estimate of drug-likeness (QED) is 0.823. The van der Waals surface area contributed by atoms with E-state index in [1.165, 1.54) is 0 Å². The first-order chi connectivity index (χ1) is 9.66. The molecule has 1 fully saturated rings. The Balaban J connectivity index is 1.90. The summed E-state index contributed by atoms with van der Waals surface area (Å²) in [6, 6.07) is 7.96. The molecule has 1 aliphatic rings. The fraction of sp³-hybridized carbons (Fsp3) is 0.438. The average Bonchev–Trinajstić information content (AvgIpc) is 2.48. The lowest BCUT2D eigenvalue weighted by atomic mass is 9.92. The van der Waals surface area contributed by atoms with Crippen molar-refractivity contribution in [3.05, 3.63) is 30.5 Å². The van der Waals surface area contributed by atoms with Crippen molar-refractivity contribution in [3.63, 3.8) is 0 Å². The van der Waals surface area contributed by atoms with Gasteiger partial charge in [-0.2, -0.15) is 0 Å². The maximum Gasteiger partial charge on any atom is 0.0955 e. The molecule has 3 rings (SSSR count). The minimum atomic E-state index is -0.210. The molecule has 4 heteroatoms. The normalized spacial score (nSPS) is 18.4. The highest BCUT2D eigenvalue weighted by atomic mass is 16.3. The number of nitrogen functional groups attached to an aromatic ring is 1. The highest BCUT2D eigenvalue weighted by molar-refractivity contribution is 5.98. The Kier molecular flexibility index (Phi) is 3.49. The summed E-state index contributed by atoms with van der Waals surface area (Å²) in [5.74, 6) is 0.416. The topological polar surface area (TPSA) is 62.4 Å². The zero-order valence-corrected chi connectivity index (χ0v) is 11.8. The van der Waals surface area contributed by atoms with Gasteiger partial charge in [-0.3, -0.25) is 4.98 Å². The summed E-state index contributed by atoms with van der Waals surface area (Å²) in [6.07, 6.45) is 3.65. The molecule has 0 spiro atoms. The first-order valence-corrected chi connectivity index (χ1v) is 7.23. The van der Waals surface area contributed by atoms with Crippen LogP contribution in [-0.2, 0) is 0 Å². The van der Waals surface area contributed by atoms with Crippen molar-refractivity contribution in [1.82, 2.24) is 4.98 Å². The summed E-state index contributed by atoms with van der Waals surface area (Å²) in [7, 11) is 0. The van der Waals surface area contributed by atoms with Gasteiger partial charge in [-0.15, -0.1) is 0 Å². The van der Waals surface area contributed by atoms with Gasteiger partial charge in [0.05, 0.1) is 17.3 Å². The number of anilines is 2. The zero-order valence-electron chi connectivity index (χ0n) is 11.8. The number of nitrogens with two attached hydrogens (primary N) is 1. The van der Waals surface area contributed by atoms with E-state index in [2.05, 4.69) is 16.0 Å². The van der Waals surface area contributed by atoms with Gasteiger partial charge in [0.1, 0.15) is 0 Å². The third-order valence-electron chi connectivity index (χ3n) is 4.34. The molecule has 2 aromatic rings. The number of pyridine rings is 1.